The van der Waals surface area contributed by atoms with Crippen LogP contribution in [0.2, 0.25) is 0 Å². The molecule has 1 aromatic heterocycles. The molecule has 0 bridgehead atoms. The van der Waals surface area contributed by atoms with Crippen molar-refractivity contribution in [1.29, 1.82) is 0 Å². The molecule has 2 N–H and O–H groups in total. The van der Waals surface area contributed by atoms with Gasteiger partial charge in [0.2, 0.25) is 5.91 Å². The van der Waals surface area contributed by atoms with Crippen LogP contribution in [0, 0.1) is 5.92 Å². The first-order valence-electron chi connectivity index (χ1n) is 10.9. The zero-order chi connectivity index (χ0) is 20.7. The van der Waals surface area contributed by atoms with Crippen LogP contribution in [-0.2, 0) is 22.4 Å². The van der Waals surface area contributed by atoms with Gasteiger partial charge in [-0.25, -0.2) is 4.98 Å². The maximum Gasteiger partial charge on any atom is 0.303 e. The van der Waals surface area contributed by atoms with Gasteiger partial charge in [0, 0.05) is 37.7 Å². The summed E-state index contributed by atoms with van der Waals surface area (Å²) in [5.41, 5.74) is 4.59. The van der Waals surface area contributed by atoms with Crippen LogP contribution in [0.4, 0.5) is 5.82 Å². The van der Waals surface area contributed by atoms with Crippen LogP contribution in [0.25, 0.3) is 0 Å². The highest BCUT2D eigenvalue weighted by Crippen LogP contribution is 2.51. The second-order valence-corrected chi connectivity index (χ2v) is 8.74. The Kier molecular flexibility index (Phi) is 4.93. The fraction of sp³-hybridized carbons (Fsp3) is 0.458. The minimum Gasteiger partial charge on any atom is -0.481 e. The molecular formula is C24H27N3O3. The number of hydrogen-bond donors (Lipinski definition) is 2. The summed E-state index contributed by atoms with van der Waals surface area (Å²) in [6, 6.07) is 12.3. The lowest BCUT2D eigenvalue weighted by Crippen LogP contribution is -2.30. The molecule has 30 heavy (non-hydrogen) atoms. The Morgan fingerprint density at radius 1 is 1.13 bits per heavy atom. The molecule has 1 saturated heterocycles. The maximum atomic E-state index is 12.9. The Balaban J connectivity index is 1.26. The molecule has 6 heteroatoms. The van der Waals surface area contributed by atoms with Gasteiger partial charge in [0.05, 0.1) is 6.42 Å². The number of carboxylic acids is 1. The number of carboxylic acid groups (broad SMARTS) is 1. The second-order valence-electron chi connectivity index (χ2n) is 8.74. The van der Waals surface area contributed by atoms with E-state index in [-0.39, 0.29) is 30.1 Å². The summed E-state index contributed by atoms with van der Waals surface area (Å²) in [7, 11) is 0. The van der Waals surface area contributed by atoms with Crippen LogP contribution in [0.5, 0.6) is 0 Å². The van der Waals surface area contributed by atoms with E-state index < -0.39 is 5.97 Å². The molecule has 2 unspecified atom stereocenters. The standard InChI is InChI=1S/C24H27N3O3/c28-22(10-9-16-8-7-15-4-3-11-25-24(15)26-16)27-13-20-18-6-2-1-5-17(18)19(12-23(29)30)21(20)14-27/h1-2,5-8,19-21H,3-4,9-14H2,(H,25,26)(H,29,30)/t19-,20?,21?/m1/s1. The van der Waals surface area contributed by atoms with E-state index in [4.69, 9.17) is 4.98 Å². The van der Waals surface area contributed by atoms with E-state index >= 15 is 0 Å². The summed E-state index contributed by atoms with van der Waals surface area (Å²) in [5.74, 6) is 0.787. The third-order valence-electron chi connectivity index (χ3n) is 6.97. The highest BCUT2D eigenvalue weighted by molar-refractivity contribution is 5.77. The number of likely N-dealkylation sites (tertiary alicyclic amines) is 1. The summed E-state index contributed by atoms with van der Waals surface area (Å²) >= 11 is 0. The minimum atomic E-state index is -0.771. The number of fused-ring (bicyclic) bond motifs is 4. The number of carbonyl (C=O) groups excluding carboxylic acids is 1. The first-order valence-corrected chi connectivity index (χ1v) is 10.9. The Morgan fingerprint density at radius 3 is 2.80 bits per heavy atom. The molecule has 5 rings (SSSR count). The number of amides is 1. The fourth-order valence-electron chi connectivity index (χ4n) is 5.54. The second kappa shape index (κ2) is 7.74. The van der Waals surface area contributed by atoms with E-state index in [9.17, 15) is 14.7 Å². The number of hydrogen-bond acceptors (Lipinski definition) is 4. The van der Waals surface area contributed by atoms with Crippen LogP contribution in [0.15, 0.2) is 36.4 Å². The lowest BCUT2D eigenvalue weighted by Gasteiger charge is -2.21. The van der Waals surface area contributed by atoms with Gasteiger partial charge in [0.15, 0.2) is 0 Å². The van der Waals surface area contributed by atoms with Crippen molar-refractivity contribution in [3.63, 3.8) is 0 Å². The first kappa shape index (κ1) is 19.1. The largest absolute Gasteiger partial charge is 0.481 e. The topological polar surface area (TPSA) is 82.5 Å². The lowest BCUT2D eigenvalue weighted by atomic mass is 9.87. The van der Waals surface area contributed by atoms with Gasteiger partial charge in [-0.2, -0.15) is 0 Å². The van der Waals surface area contributed by atoms with Crippen molar-refractivity contribution in [2.75, 3.05) is 25.0 Å². The van der Waals surface area contributed by atoms with Crippen molar-refractivity contribution in [3.8, 4) is 0 Å². The molecular weight excluding hydrogens is 378 g/mol. The van der Waals surface area contributed by atoms with Crippen molar-refractivity contribution in [2.24, 2.45) is 5.92 Å². The number of aliphatic carboxylic acids is 1. The molecule has 0 spiro atoms. The fourth-order valence-corrected chi connectivity index (χ4v) is 5.54. The van der Waals surface area contributed by atoms with Crippen molar-refractivity contribution in [1.82, 2.24) is 9.88 Å². The SMILES string of the molecule is O=C(O)C[C@@H]1c2ccccc2C2CN(C(=O)CCc3ccc4c(n3)NCCC4)CC21. The van der Waals surface area contributed by atoms with E-state index in [1.165, 1.54) is 11.1 Å². The molecule has 3 heterocycles. The first-order chi connectivity index (χ1) is 14.6. The van der Waals surface area contributed by atoms with Gasteiger partial charge < -0.3 is 15.3 Å². The molecule has 3 atom stereocenters. The molecule has 6 nitrogen and oxygen atoms in total. The van der Waals surface area contributed by atoms with Crippen LogP contribution in [0.1, 0.15) is 53.5 Å². The monoisotopic (exact) mass is 405 g/mol. The molecule has 1 fully saturated rings. The van der Waals surface area contributed by atoms with Gasteiger partial charge in [0.25, 0.3) is 0 Å². The number of nitrogens with one attached hydrogen (secondary N) is 1. The number of aryl methyl sites for hydroxylation is 2. The molecule has 156 valence electrons. The van der Waals surface area contributed by atoms with E-state index in [2.05, 4.69) is 23.5 Å². The Labute approximate surface area is 176 Å². The average molecular weight is 405 g/mol. The number of anilines is 1. The predicted molar refractivity (Wildman–Crippen MR) is 114 cm³/mol. The van der Waals surface area contributed by atoms with E-state index in [1.807, 2.05) is 23.1 Å². The number of aromatic nitrogens is 1. The van der Waals surface area contributed by atoms with Crippen LogP contribution < -0.4 is 5.32 Å². The molecule has 3 aliphatic rings. The van der Waals surface area contributed by atoms with Gasteiger partial charge in [0.1, 0.15) is 5.82 Å². The van der Waals surface area contributed by atoms with Crippen molar-refractivity contribution < 1.29 is 14.7 Å². The van der Waals surface area contributed by atoms with Crippen molar-refractivity contribution >= 4 is 17.7 Å². The van der Waals surface area contributed by atoms with E-state index in [0.717, 1.165) is 36.5 Å². The summed E-state index contributed by atoms with van der Waals surface area (Å²) in [4.78, 5) is 31.0. The highest BCUT2D eigenvalue weighted by Gasteiger charge is 2.47. The molecule has 2 aromatic rings. The van der Waals surface area contributed by atoms with Crippen LogP contribution in [0.3, 0.4) is 0 Å². The predicted octanol–water partition coefficient (Wildman–Crippen LogP) is 3.19. The summed E-state index contributed by atoms with van der Waals surface area (Å²) in [5, 5.41) is 12.7. The Morgan fingerprint density at radius 2 is 1.97 bits per heavy atom. The average Bonchev–Trinajstić information content (AvgIpc) is 3.31. The summed E-state index contributed by atoms with van der Waals surface area (Å²) < 4.78 is 0. The number of nitrogens with zero attached hydrogens (tertiary/aromatic N) is 2. The van der Waals surface area contributed by atoms with Crippen molar-refractivity contribution in [3.05, 3.63) is 58.8 Å². The Hall–Kier alpha value is -2.89. The smallest absolute Gasteiger partial charge is 0.303 e. The molecule has 1 aliphatic carbocycles. The van der Waals surface area contributed by atoms with Gasteiger partial charge in [-0.1, -0.05) is 30.3 Å². The van der Waals surface area contributed by atoms with E-state index in [0.29, 0.717) is 25.9 Å². The van der Waals surface area contributed by atoms with Gasteiger partial charge in [-0.15, -0.1) is 0 Å². The summed E-state index contributed by atoms with van der Waals surface area (Å²) in [6.07, 6.45) is 3.40. The molecule has 0 radical (unpaired) electrons. The quantitative estimate of drug-likeness (QED) is 0.798. The number of pyridine rings is 1. The van der Waals surface area contributed by atoms with Crippen LogP contribution in [-0.4, -0.2) is 46.5 Å². The van der Waals surface area contributed by atoms with E-state index in [1.54, 1.807) is 0 Å². The minimum absolute atomic E-state index is 0.00473. The summed E-state index contributed by atoms with van der Waals surface area (Å²) in [6.45, 7) is 2.29. The third-order valence-corrected chi connectivity index (χ3v) is 6.97. The van der Waals surface area contributed by atoms with Gasteiger partial charge in [-0.05, 0) is 53.9 Å². The van der Waals surface area contributed by atoms with Crippen molar-refractivity contribution in [2.45, 2.75) is 43.9 Å². The number of benzene rings is 1. The molecule has 1 aromatic carbocycles. The zero-order valence-electron chi connectivity index (χ0n) is 17.0. The number of carbonyl (C=O) groups is 2. The van der Waals surface area contributed by atoms with Gasteiger partial charge in [-0.3, -0.25) is 9.59 Å². The maximum absolute atomic E-state index is 12.9. The normalized spacial score (nSPS) is 24.0. The molecule has 2 aliphatic heterocycles. The zero-order valence-corrected chi connectivity index (χ0v) is 17.0. The third kappa shape index (κ3) is 3.44. The highest BCUT2D eigenvalue weighted by atomic mass is 16.4. The van der Waals surface area contributed by atoms with Crippen LogP contribution >= 0.6 is 0 Å². The molecule has 1 amide bonds. The lowest BCUT2D eigenvalue weighted by molar-refractivity contribution is -0.137. The number of rotatable bonds is 5. The Bertz CT molecular complexity index is 989. The van der Waals surface area contributed by atoms with Gasteiger partial charge >= 0.3 is 5.97 Å². The molecule has 0 saturated carbocycles.